The number of urea groups is 1. The molecule has 1 aromatic rings. The van der Waals surface area contributed by atoms with E-state index in [-0.39, 0.29) is 30.1 Å². The Balaban J connectivity index is 1.53. The fourth-order valence-electron chi connectivity index (χ4n) is 3.70. The molecule has 2 heterocycles. The molecule has 3 aliphatic rings. The minimum absolute atomic E-state index is 0.0242. The molecule has 2 amide bonds. The van der Waals surface area contributed by atoms with Crippen LogP contribution in [0.5, 0.6) is 0 Å². The summed E-state index contributed by atoms with van der Waals surface area (Å²) in [6.07, 6.45) is 8.24. The van der Waals surface area contributed by atoms with Crippen molar-refractivity contribution in [3.63, 3.8) is 0 Å². The SMILES string of the molecule is Cn1cc(C2CS(=O)(=O)CCN2C(=O)NC(C2CC2)C2CC2)cn1. The molecule has 2 aliphatic carbocycles. The molecule has 24 heavy (non-hydrogen) atoms. The average molecular weight is 352 g/mol. The van der Waals surface area contributed by atoms with Crippen LogP contribution in [-0.4, -0.2) is 53.2 Å². The van der Waals surface area contributed by atoms with Gasteiger partial charge in [0.25, 0.3) is 0 Å². The van der Waals surface area contributed by atoms with Gasteiger partial charge >= 0.3 is 6.03 Å². The molecule has 0 spiro atoms. The first-order valence-electron chi connectivity index (χ1n) is 8.69. The second-order valence-corrected chi connectivity index (χ2v) is 9.65. The topological polar surface area (TPSA) is 84.3 Å². The van der Waals surface area contributed by atoms with Crippen LogP contribution in [-0.2, 0) is 16.9 Å². The number of aromatic nitrogens is 2. The van der Waals surface area contributed by atoms with Crippen molar-refractivity contribution in [3.8, 4) is 0 Å². The number of hydrogen-bond donors (Lipinski definition) is 1. The number of aryl methyl sites for hydroxylation is 1. The Hall–Kier alpha value is -1.57. The summed E-state index contributed by atoms with van der Waals surface area (Å²) in [5, 5.41) is 7.34. The third-order valence-corrected chi connectivity index (χ3v) is 6.98. The predicted octanol–water partition coefficient (Wildman–Crippen LogP) is 1.09. The van der Waals surface area contributed by atoms with Crippen LogP contribution in [0, 0.1) is 11.8 Å². The van der Waals surface area contributed by atoms with Gasteiger partial charge in [-0.15, -0.1) is 0 Å². The Labute approximate surface area is 142 Å². The number of nitrogens with zero attached hydrogens (tertiary/aromatic N) is 3. The van der Waals surface area contributed by atoms with Gasteiger partial charge in [-0.2, -0.15) is 5.10 Å². The largest absolute Gasteiger partial charge is 0.335 e. The zero-order valence-electron chi connectivity index (χ0n) is 13.9. The molecule has 1 N–H and O–H groups in total. The second kappa shape index (κ2) is 5.75. The van der Waals surface area contributed by atoms with Gasteiger partial charge in [-0.1, -0.05) is 0 Å². The molecule has 0 aromatic carbocycles. The maximum Gasteiger partial charge on any atom is 0.318 e. The van der Waals surface area contributed by atoms with Gasteiger partial charge in [0.05, 0.1) is 23.7 Å². The van der Waals surface area contributed by atoms with Gasteiger partial charge < -0.3 is 10.2 Å². The molecule has 1 unspecified atom stereocenters. The summed E-state index contributed by atoms with van der Waals surface area (Å²) in [5.41, 5.74) is 0.783. The fraction of sp³-hybridized carbons (Fsp3) is 0.750. The van der Waals surface area contributed by atoms with Gasteiger partial charge in [0.15, 0.2) is 9.84 Å². The Kier molecular flexibility index (Phi) is 3.82. The van der Waals surface area contributed by atoms with Gasteiger partial charge in [-0.05, 0) is 37.5 Å². The number of carbonyl (C=O) groups excluding carboxylic acids is 1. The van der Waals surface area contributed by atoms with E-state index < -0.39 is 15.9 Å². The molecule has 1 aliphatic heterocycles. The summed E-state index contributed by atoms with van der Waals surface area (Å²) in [6, 6.07) is -0.301. The van der Waals surface area contributed by atoms with Crippen molar-refractivity contribution < 1.29 is 13.2 Å². The van der Waals surface area contributed by atoms with Crippen molar-refractivity contribution in [1.29, 1.82) is 0 Å². The van der Waals surface area contributed by atoms with Crippen molar-refractivity contribution >= 4 is 15.9 Å². The van der Waals surface area contributed by atoms with Crippen LogP contribution < -0.4 is 5.32 Å². The highest BCUT2D eigenvalue weighted by molar-refractivity contribution is 7.91. The number of nitrogens with one attached hydrogen (secondary N) is 1. The molecule has 1 saturated heterocycles. The molecule has 1 aromatic heterocycles. The Morgan fingerprint density at radius 3 is 2.50 bits per heavy atom. The van der Waals surface area contributed by atoms with E-state index in [1.807, 2.05) is 0 Å². The highest BCUT2D eigenvalue weighted by atomic mass is 32.2. The van der Waals surface area contributed by atoms with Crippen LogP contribution >= 0.6 is 0 Å². The lowest BCUT2D eigenvalue weighted by Gasteiger charge is -2.36. The minimum Gasteiger partial charge on any atom is -0.335 e. The summed E-state index contributed by atoms with van der Waals surface area (Å²) in [4.78, 5) is 14.6. The summed E-state index contributed by atoms with van der Waals surface area (Å²) < 4.78 is 25.8. The molecule has 7 nitrogen and oxygen atoms in total. The normalized spacial score (nSPS) is 26.6. The Morgan fingerprint density at radius 2 is 1.96 bits per heavy atom. The zero-order chi connectivity index (χ0) is 16.9. The molecular formula is C16H24N4O3S. The monoisotopic (exact) mass is 352 g/mol. The first-order chi connectivity index (χ1) is 11.4. The standard InChI is InChI=1S/C16H24N4O3S/c1-19-9-13(8-17-19)14-10-24(22,23)7-6-20(14)16(21)18-15(11-2-3-11)12-4-5-12/h8-9,11-12,14-15H,2-7,10H2,1H3,(H,18,21). The van der Waals surface area contributed by atoms with E-state index >= 15 is 0 Å². The summed E-state index contributed by atoms with van der Waals surface area (Å²) >= 11 is 0. The van der Waals surface area contributed by atoms with E-state index in [9.17, 15) is 13.2 Å². The number of amides is 2. The van der Waals surface area contributed by atoms with Crippen LogP contribution in [0.1, 0.15) is 37.3 Å². The zero-order valence-corrected chi connectivity index (χ0v) is 14.7. The smallest absolute Gasteiger partial charge is 0.318 e. The van der Waals surface area contributed by atoms with E-state index in [1.54, 1.807) is 29.0 Å². The molecule has 0 radical (unpaired) electrons. The second-order valence-electron chi connectivity index (χ2n) is 7.42. The van der Waals surface area contributed by atoms with E-state index in [1.165, 1.54) is 25.7 Å². The molecule has 0 bridgehead atoms. The summed E-state index contributed by atoms with van der Waals surface area (Å²) in [7, 11) is -1.34. The van der Waals surface area contributed by atoms with Crippen molar-refractivity contribution in [3.05, 3.63) is 18.0 Å². The molecule has 2 saturated carbocycles. The highest BCUT2D eigenvalue weighted by Crippen LogP contribution is 2.44. The number of carbonyl (C=O) groups is 1. The van der Waals surface area contributed by atoms with E-state index in [4.69, 9.17) is 0 Å². The van der Waals surface area contributed by atoms with Crippen molar-refractivity contribution in [2.24, 2.45) is 18.9 Å². The van der Waals surface area contributed by atoms with Crippen molar-refractivity contribution in [1.82, 2.24) is 20.0 Å². The third kappa shape index (κ3) is 3.29. The van der Waals surface area contributed by atoms with E-state index in [2.05, 4.69) is 10.4 Å². The van der Waals surface area contributed by atoms with E-state index in [0.29, 0.717) is 11.8 Å². The van der Waals surface area contributed by atoms with Crippen LogP contribution in [0.4, 0.5) is 4.79 Å². The van der Waals surface area contributed by atoms with Crippen molar-refractivity contribution in [2.75, 3.05) is 18.1 Å². The lowest BCUT2D eigenvalue weighted by atomic mass is 10.1. The summed E-state index contributed by atoms with van der Waals surface area (Å²) in [5.74, 6) is 1.25. The maximum atomic E-state index is 12.9. The lowest BCUT2D eigenvalue weighted by molar-refractivity contribution is 0.174. The maximum absolute atomic E-state index is 12.9. The lowest BCUT2D eigenvalue weighted by Crippen LogP contribution is -2.53. The van der Waals surface area contributed by atoms with Crippen LogP contribution in [0.2, 0.25) is 0 Å². The minimum atomic E-state index is -3.13. The molecular weight excluding hydrogens is 328 g/mol. The average Bonchev–Trinajstić information content (AvgIpc) is 3.43. The number of hydrogen-bond acceptors (Lipinski definition) is 4. The third-order valence-electron chi connectivity index (χ3n) is 5.35. The highest BCUT2D eigenvalue weighted by Gasteiger charge is 2.44. The molecule has 8 heteroatoms. The van der Waals surface area contributed by atoms with Gasteiger partial charge in [-0.25, -0.2) is 13.2 Å². The molecule has 4 rings (SSSR count). The van der Waals surface area contributed by atoms with Gasteiger partial charge in [0.1, 0.15) is 0 Å². The van der Waals surface area contributed by atoms with Crippen LogP contribution in [0.3, 0.4) is 0 Å². The first kappa shape index (κ1) is 15.9. The number of sulfone groups is 1. The van der Waals surface area contributed by atoms with Crippen LogP contribution in [0.15, 0.2) is 12.4 Å². The summed E-state index contributed by atoms with van der Waals surface area (Å²) in [6.45, 7) is 0.246. The van der Waals surface area contributed by atoms with Crippen molar-refractivity contribution in [2.45, 2.75) is 37.8 Å². The van der Waals surface area contributed by atoms with Gasteiger partial charge in [0, 0.05) is 31.4 Å². The van der Waals surface area contributed by atoms with Gasteiger partial charge in [-0.3, -0.25) is 4.68 Å². The number of rotatable bonds is 4. The molecule has 1 atom stereocenters. The van der Waals surface area contributed by atoms with Crippen LogP contribution in [0.25, 0.3) is 0 Å². The molecule has 132 valence electrons. The molecule has 3 fully saturated rings. The Morgan fingerprint density at radius 1 is 1.29 bits per heavy atom. The van der Waals surface area contributed by atoms with Gasteiger partial charge in [0.2, 0.25) is 0 Å². The fourth-order valence-corrected chi connectivity index (χ4v) is 5.19. The Bertz CT molecular complexity index is 724. The predicted molar refractivity (Wildman–Crippen MR) is 89.1 cm³/mol. The first-order valence-corrected chi connectivity index (χ1v) is 10.5. The quantitative estimate of drug-likeness (QED) is 0.879. The van der Waals surface area contributed by atoms with E-state index in [0.717, 1.165) is 5.56 Å².